The summed E-state index contributed by atoms with van der Waals surface area (Å²) >= 11 is 5.49. The number of aryl methyl sites for hydroxylation is 1. The highest BCUT2D eigenvalue weighted by Crippen LogP contribution is 2.20. The molecule has 1 atom stereocenters. The Morgan fingerprint density at radius 1 is 1.32 bits per heavy atom. The van der Waals surface area contributed by atoms with Crippen LogP contribution in [0.1, 0.15) is 25.3 Å². The van der Waals surface area contributed by atoms with Crippen LogP contribution in [0.3, 0.4) is 0 Å². The number of aromatic amines is 1. The quantitative estimate of drug-likeness (QED) is 0.867. The molecule has 19 heavy (non-hydrogen) atoms. The first-order valence-electron chi connectivity index (χ1n) is 7.09. The number of likely N-dealkylation sites (tertiary alicyclic amines) is 1. The first-order valence-corrected chi connectivity index (χ1v) is 7.50. The Kier molecular flexibility index (Phi) is 3.46. The summed E-state index contributed by atoms with van der Waals surface area (Å²) in [5, 5.41) is 0. The molecule has 2 aromatic rings. The molecule has 1 N–H and O–H groups in total. The predicted octanol–water partition coefficient (Wildman–Crippen LogP) is 3.49. The molecule has 2 heterocycles. The molecular formula is C15H21N3S. The van der Waals surface area contributed by atoms with Crippen LogP contribution in [0.25, 0.3) is 11.0 Å². The number of nitrogens with zero attached hydrogens (tertiary/aromatic N) is 2. The van der Waals surface area contributed by atoms with Gasteiger partial charge in [0.05, 0.1) is 11.0 Å². The summed E-state index contributed by atoms with van der Waals surface area (Å²) < 4.78 is 3.09. The van der Waals surface area contributed by atoms with Crippen molar-refractivity contribution in [3.63, 3.8) is 0 Å². The van der Waals surface area contributed by atoms with Gasteiger partial charge in [0.1, 0.15) is 0 Å². The predicted molar refractivity (Wildman–Crippen MR) is 82.1 cm³/mol. The number of fused-ring (bicyclic) bond motifs is 1. The largest absolute Gasteiger partial charge is 0.330 e. The third kappa shape index (κ3) is 2.35. The minimum absolute atomic E-state index is 0.550. The third-order valence-electron chi connectivity index (χ3n) is 4.23. The second kappa shape index (κ2) is 5.10. The molecule has 1 aromatic heterocycles. The summed E-state index contributed by atoms with van der Waals surface area (Å²) in [6, 6.07) is 6.94. The van der Waals surface area contributed by atoms with Gasteiger partial charge in [0.2, 0.25) is 0 Å². The summed E-state index contributed by atoms with van der Waals surface area (Å²) in [5.41, 5.74) is 3.67. The Morgan fingerprint density at radius 3 is 2.79 bits per heavy atom. The van der Waals surface area contributed by atoms with E-state index in [4.69, 9.17) is 12.2 Å². The number of hydrogen-bond donors (Lipinski definition) is 1. The Labute approximate surface area is 119 Å². The van der Waals surface area contributed by atoms with Crippen LogP contribution in [0.4, 0.5) is 0 Å². The summed E-state index contributed by atoms with van der Waals surface area (Å²) in [4.78, 5) is 5.92. The summed E-state index contributed by atoms with van der Waals surface area (Å²) in [5.74, 6) is 0. The lowest BCUT2D eigenvalue weighted by Crippen LogP contribution is -2.33. The maximum atomic E-state index is 5.49. The lowest BCUT2D eigenvalue weighted by atomic mass is 10.2. The zero-order valence-electron chi connectivity index (χ0n) is 11.6. The number of para-hydroxylation sites is 1. The minimum atomic E-state index is 0.550. The number of imidazole rings is 1. The molecule has 0 radical (unpaired) electrons. The van der Waals surface area contributed by atoms with Crippen LogP contribution in [0.2, 0.25) is 0 Å². The second-order valence-electron chi connectivity index (χ2n) is 5.60. The highest BCUT2D eigenvalue weighted by atomic mass is 32.1. The van der Waals surface area contributed by atoms with E-state index in [9.17, 15) is 0 Å². The number of nitrogens with one attached hydrogen (secondary N) is 1. The Bertz CT molecular complexity index is 634. The molecule has 0 saturated carbocycles. The van der Waals surface area contributed by atoms with E-state index in [0.29, 0.717) is 6.04 Å². The highest BCUT2D eigenvalue weighted by Gasteiger charge is 2.19. The second-order valence-corrected chi connectivity index (χ2v) is 5.99. The minimum Gasteiger partial charge on any atom is -0.330 e. The fourth-order valence-electron chi connectivity index (χ4n) is 3.07. The van der Waals surface area contributed by atoms with E-state index < -0.39 is 0 Å². The number of benzene rings is 1. The molecule has 1 fully saturated rings. The molecule has 0 spiro atoms. The fourth-order valence-corrected chi connectivity index (χ4v) is 3.34. The molecule has 1 saturated heterocycles. The maximum Gasteiger partial charge on any atom is 0.178 e. The topological polar surface area (TPSA) is 24.0 Å². The summed E-state index contributed by atoms with van der Waals surface area (Å²) in [6.45, 7) is 7.87. The van der Waals surface area contributed by atoms with Gasteiger partial charge in [-0.25, -0.2) is 0 Å². The number of H-pyrrole nitrogens is 1. The van der Waals surface area contributed by atoms with Gasteiger partial charge in [0, 0.05) is 12.6 Å². The monoisotopic (exact) mass is 275 g/mol. The van der Waals surface area contributed by atoms with Gasteiger partial charge in [-0.15, -0.1) is 0 Å². The van der Waals surface area contributed by atoms with E-state index in [0.717, 1.165) is 11.3 Å². The molecule has 0 aliphatic carbocycles. The molecule has 1 unspecified atom stereocenters. The molecule has 4 heteroatoms. The van der Waals surface area contributed by atoms with Crippen LogP contribution in [0.5, 0.6) is 0 Å². The van der Waals surface area contributed by atoms with E-state index >= 15 is 0 Å². The van der Waals surface area contributed by atoms with Gasteiger partial charge in [0.15, 0.2) is 4.77 Å². The summed E-state index contributed by atoms with van der Waals surface area (Å²) in [7, 11) is 0. The van der Waals surface area contributed by atoms with E-state index in [1.807, 2.05) is 0 Å². The molecule has 0 amide bonds. The van der Waals surface area contributed by atoms with E-state index in [1.54, 1.807) is 0 Å². The molecule has 3 rings (SSSR count). The van der Waals surface area contributed by atoms with Crippen molar-refractivity contribution >= 4 is 23.3 Å². The smallest absolute Gasteiger partial charge is 0.178 e. The SMILES string of the molecule is Cc1cccc2c1[nH]c(=S)n2CC(C)N1CCCC1. The van der Waals surface area contributed by atoms with Gasteiger partial charge < -0.3 is 9.55 Å². The first-order chi connectivity index (χ1) is 9.16. The van der Waals surface area contributed by atoms with Gasteiger partial charge in [-0.3, -0.25) is 4.90 Å². The zero-order chi connectivity index (χ0) is 13.4. The number of aromatic nitrogens is 2. The lowest BCUT2D eigenvalue weighted by Gasteiger charge is -2.24. The van der Waals surface area contributed by atoms with Gasteiger partial charge in [-0.1, -0.05) is 12.1 Å². The normalized spacial score (nSPS) is 18.2. The van der Waals surface area contributed by atoms with Crippen LogP contribution in [-0.4, -0.2) is 33.6 Å². The van der Waals surface area contributed by atoms with Crippen molar-refractivity contribution in [1.29, 1.82) is 0 Å². The summed E-state index contributed by atoms with van der Waals surface area (Å²) in [6.07, 6.45) is 2.67. The van der Waals surface area contributed by atoms with Crippen LogP contribution in [0.15, 0.2) is 18.2 Å². The van der Waals surface area contributed by atoms with Crippen molar-refractivity contribution in [2.45, 2.75) is 39.3 Å². The van der Waals surface area contributed by atoms with Crippen molar-refractivity contribution in [1.82, 2.24) is 14.5 Å². The molecule has 3 nitrogen and oxygen atoms in total. The van der Waals surface area contributed by atoms with Crippen molar-refractivity contribution in [3.05, 3.63) is 28.5 Å². The number of hydrogen-bond acceptors (Lipinski definition) is 2. The van der Waals surface area contributed by atoms with Crippen LogP contribution in [-0.2, 0) is 6.54 Å². The Hall–Kier alpha value is -1.13. The molecule has 0 bridgehead atoms. The van der Waals surface area contributed by atoms with Gasteiger partial charge in [-0.05, 0) is 63.6 Å². The van der Waals surface area contributed by atoms with Crippen LogP contribution in [0, 0.1) is 11.7 Å². The van der Waals surface area contributed by atoms with Gasteiger partial charge in [-0.2, -0.15) is 0 Å². The standard InChI is InChI=1S/C15H21N3S/c1-11-6-5-7-13-14(11)16-15(19)18(13)10-12(2)17-8-3-4-9-17/h5-7,12H,3-4,8-10H2,1-2H3,(H,16,19). The molecule has 1 aliphatic rings. The van der Waals surface area contributed by atoms with Crippen LogP contribution < -0.4 is 0 Å². The zero-order valence-corrected chi connectivity index (χ0v) is 12.5. The van der Waals surface area contributed by atoms with E-state index in [2.05, 4.69) is 46.5 Å². The van der Waals surface area contributed by atoms with E-state index in [-0.39, 0.29) is 0 Å². The van der Waals surface area contributed by atoms with Crippen molar-refractivity contribution < 1.29 is 0 Å². The van der Waals surface area contributed by atoms with Crippen molar-refractivity contribution in [2.24, 2.45) is 0 Å². The lowest BCUT2D eigenvalue weighted by molar-refractivity contribution is 0.237. The first kappa shape index (κ1) is 12.9. The Balaban J connectivity index is 1.94. The average molecular weight is 275 g/mol. The van der Waals surface area contributed by atoms with Crippen molar-refractivity contribution in [3.8, 4) is 0 Å². The van der Waals surface area contributed by atoms with E-state index in [1.165, 1.54) is 42.5 Å². The average Bonchev–Trinajstić information content (AvgIpc) is 3.00. The maximum absolute atomic E-state index is 5.49. The Morgan fingerprint density at radius 2 is 2.05 bits per heavy atom. The van der Waals surface area contributed by atoms with Crippen molar-refractivity contribution in [2.75, 3.05) is 13.1 Å². The van der Waals surface area contributed by atoms with Gasteiger partial charge in [0.25, 0.3) is 0 Å². The third-order valence-corrected chi connectivity index (χ3v) is 4.55. The fraction of sp³-hybridized carbons (Fsp3) is 0.533. The van der Waals surface area contributed by atoms with Crippen LogP contribution >= 0.6 is 12.2 Å². The molecular weight excluding hydrogens is 254 g/mol. The number of rotatable bonds is 3. The molecule has 1 aromatic carbocycles. The molecule has 102 valence electrons. The highest BCUT2D eigenvalue weighted by molar-refractivity contribution is 7.71. The molecule has 1 aliphatic heterocycles. The van der Waals surface area contributed by atoms with Gasteiger partial charge >= 0.3 is 0 Å².